The van der Waals surface area contributed by atoms with Gasteiger partial charge >= 0.3 is 5.97 Å². The van der Waals surface area contributed by atoms with Gasteiger partial charge in [0, 0.05) is 11.8 Å². The van der Waals surface area contributed by atoms with Crippen molar-refractivity contribution < 1.29 is 20.1 Å². The Morgan fingerprint density at radius 3 is 2.31 bits per heavy atom. The monoisotopic (exact) mass is 284 g/mol. The fourth-order valence-corrected chi connectivity index (χ4v) is 1.26. The maximum absolute atomic E-state index is 10.6. The number of carboxylic acid groups (broad SMARTS) is 1. The summed E-state index contributed by atoms with van der Waals surface area (Å²) in [4.78, 5) is 10.6. The van der Waals surface area contributed by atoms with Crippen molar-refractivity contribution in [1.29, 1.82) is 0 Å². The fourth-order valence-electron chi connectivity index (χ4n) is 1.06. The van der Waals surface area contributed by atoms with E-state index < -0.39 is 5.97 Å². The number of aromatic carboxylic acids is 1. The number of hydrogen-bond acceptors (Lipinski definition) is 3. The number of phenols is 2. The third-order valence-corrected chi connectivity index (χ3v) is 2.17. The summed E-state index contributed by atoms with van der Waals surface area (Å²) >= 11 is 3.19. The molecule has 0 amide bonds. The van der Waals surface area contributed by atoms with Crippen LogP contribution < -0.4 is 0 Å². The maximum atomic E-state index is 10.6. The average molecular weight is 285 g/mol. The van der Waals surface area contributed by atoms with Gasteiger partial charge in [-0.05, 0) is 12.1 Å². The third kappa shape index (κ3) is 2.91. The third-order valence-electron chi connectivity index (χ3n) is 1.78. The van der Waals surface area contributed by atoms with E-state index in [0.29, 0.717) is 11.8 Å². The number of alkyl halides is 1. The molecule has 1 aromatic rings. The molecular formula is C11H9BrO4. The van der Waals surface area contributed by atoms with Crippen molar-refractivity contribution in [3.63, 3.8) is 0 Å². The lowest BCUT2D eigenvalue weighted by atomic mass is 10.1. The molecule has 0 spiro atoms. The van der Waals surface area contributed by atoms with Crippen LogP contribution in [0.1, 0.15) is 22.3 Å². The summed E-state index contributed by atoms with van der Waals surface area (Å²) in [6.45, 7) is 0. The van der Waals surface area contributed by atoms with Crippen LogP contribution in [0.2, 0.25) is 0 Å². The summed E-state index contributed by atoms with van der Waals surface area (Å²) in [5.41, 5.74) is -0.132. The Morgan fingerprint density at radius 2 is 1.88 bits per heavy atom. The van der Waals surface area contributed by atoms with Crippen molar-refractivity contribution in [2.45, 2.75) is 6.42 Å². The number of aromatic hydroxyl groups is 2. The second-order valence-corrected chi connectivity index (χ2v) is 3.73. The van der Waals surface area contributed by atoms with E-state index in [1.807, 2.05) is 0 Å². The van der Waals surface area contributed by atoms with Gasteiger partial charge in [-0.3, -0.25) is 0 Å². The fraction of sp³-hybridized carbons (Fsp3) is 0.182. The summed E-state index contributed by atoms with van der Waals surface area (Å²) in [5.74, 6) is 3.41. The maximum Gasteiger partial charge on any atom is 0.335 e. The molecule has 16 heavy (non-hydrogen) atoms. The van der Waals surface area contributed by atoms with Crippen molar-refractivity contribution in [2.75, 3.05) is 5.33 Å². The molecule has 0 radical (unpaired) electrons. The van der Waals surface area contributed by atoms with Crippen LogP contribution in [-0.2, 0) is 0 Å². The molecule has 0 aromatic heterocycles. The summed E-state index contributed by atoms with van der Waals surface area (Å²) in [6.07, 6.45) is 0.569. The van der Waals surface area contributed by atoms with Crippen LogP contribution in [0.5, 0.6) is 11.5 Å². The van der Waals surface area contributed by atoms with Crippen LogP contribution in [0.3, 0.4) is 0 Å². The van der Waals surface area contributed by atoms with E-state index in [4.69, 9.17) is 5.11 Å². The number of phenolic OH excluding ortho intramolecular Hbond substituents is 2. The highest BCUT2D eigenvalue weighted by molar-refractivity contribution is 9.09. The van der Waals surface area contributed by atoms with Gasteiger partial charge < -0.3 is 15.3 Å². The van der Waals surface area contributed by atoms with Crippen LogP contribution in [0.25, 0.3) is 0 Å². The normalized spacial score (nSPS) is 9.31. The lowest BCUT2D eigenvalue weighted by molar-refractivity contribution is 0.0696. The Hall–Kier alpha value is -1.67. The molecule has 84 valence electrons. The smallest absolute Gasteiger partial charge is 0.335 e. The second kappa shape index (κ2) is 5.42. The van der Waals surface area contributed by atoms with E-state index >= 15 is 0 Å². The molecule has 0 aliphatic heterocycles. The zero-order valence-electron chi connectivity index (χ0n) is 8.20. The van der Waals surface area contributed by atoms with E-state index in [2.05, 4.69) is 27.8 Å². The highest BCUT2D eigenvalue weighted by atomic mass is 79.9. The van der Waals surface area contributed by atoms with Crippen molar-refractivity contribution >= 4 is 21.9 Å². The van der Waals surface area contributed by atoms with Crippen molar-refractivity contribution in [1.82, 2.24) is 0 Å². The Kier molecular flexibility index (Phi) is 4.20. The summed E-state index contributed by atoms with van der Waals surface area (Å²) in [7, 11) is 0. The van der Waals surface area contributed by atoms with Crippen molar-refractivity contribution in [2.24, 2.45) is 0 Å². The van der Waals surface area contributed by atoms with Crippen LogP contribution in [0.15, 0.2) is 12.1 Å². The molecule has 0 bridgehead atoms. The van der Waals surface area contributed by atoms with E-state index in [9.17, 15) is 15.0 Å². The molecule has 1 rings (SSSR count). The van der Waals surface area contributed by atoms with Crippen molar-refractivity contribution in [3.05, 3.63) is 23.3 Å². The molecule has 0 saturated carbocycles. The standard InChI is InChI=1S/C11H9BrO4/c12-4-2-1-3-8-9(13)5-7(11(15)16)6-10(8)14/h5-6,13-14H,2,4H2,(H,15,16). The minimum Gasteiger partial charge on any atom is -0.506 e. The quantitative estimate of drug-likeness (QED) is 0.573. The van der Waals surface area contributed by atoms with Crippen LogP contribution in [0, 0.1) is 11.8 Å². The van der Waals surface area contributed by atoms with Gasteiger partial charge in [0.15, 0.2) is 0 Å². The molecule has 0 unspecified atom stereocenters. The Labute approximate surface area is 101 Å². The molecule has 0 atom stereocenters. The van der Waals surface area contributed by atoms with Gasteiger partial charge in [0.25, 0.3) is 0 Å². The van der Waals surface area contributed by atoms with Crippen LogP contribution in [-0.4, -0.2) is 26.6 Å². The lowest BCUT2D eigenvalue weighted by Crippen LogP contribution is -1.96. The number of rotatable bonds is 2. The van der Waals surface area contributed by atoms with E-state index in [0.717, 1.165) is 12.1 Å². The second-order valence-electron chi connectivity index (χ2n) is 2.94. The highest BCUT2D eigenvalue weighted by Crippen LogP contribution is 2.27. The topological polar surface area (TPSA) is 77.8 Å². The molecular weight excluding hydrogens is 276 g/mol. The molecule has 0 aliphatic rings. The number of benzene rings is 1. The van der Waals surface area contributed by atoms with Gasteiger partial charge in [-0.15, -0.1) is 0 Å². The largest absolute Gasteiger partial charge is 0.506 e. The van der Waals surface area contributed by atoms with Gasteiger partial charge in [-0.2, -0.15) is 0 Å². The molecule has 0 heterocycles. The minimum absolute atomic E-state index is 0.0472. The van der Waals surface area contributed by atoms with E-state index in [1.165, 1.54) is 0 Å². The molecule has 3 N–H and O–H groups in total. The summed E-state index contributed by atoms with van der Waals surface area (Å²) in [5, 5.41) is 28.3. The molecule has 1 aromatic carbocycles. The molecule has 5 heteroatoms. The Balaban J connectivity index is 3.14. The van der Waals surface area contributed by atoms with Crippen LogP contribution in [0.4, 0.5) is 0 Å². The van der Waals surface area contributed by atoms with Gasteiger partial charge in [0.1, 0.15) is 17.1 Å². The number of carbonyl (C=O) groups is 1. The lowest BCUT2D eigenvalue weighted by Gasteiger charge is -2.02. The first-order chi connectivity index (χ1) is 7.56. The van der Waals surface area contributed by atoms with Gasteiger partial charge in [-0.25, -0.2) is 4.79 Å². The van der Waals surface area contributed by atoms with E-state index in [-0.39, 0.29) is 22.6 Å². The first-order valence-corrected chi connectivity index (χ1v) is 5.52. The Bertz CT molecular complexity index is 448. The predicted molar refractivity (Wildman–Crippen MR) is 62.0 cm³/mol. The zero-order chi connectivity index (χ0) is 12.1. The Morgan fingerprint density at radius 1 is 1.31 bits per heavy atom. The predicted octanol–water partition coefficient (Wildman–Crippen LogP) is 1.93. The van der Waals surface area contributed by atoms with Gasteiger partial charge in [0.2, 0.25) is 0 Å². The number of carboxylic acids is 1. The first-order valence-electron chi connectivity index (χ1n) is 4.40. The minimum atomic E-state index is -1.22. The molecule has 4 nitrogen and oxygen atoms in total. The van der Waals surface area contributed by atoms with Gasteiger partial charge in [-0.1, -0.05) is 27.8 Å². The number of hydrogen-bond donors (Lipinski definition) is 3. The summed E-state index contributed by atoms with van der Waals surface area (Å²) < 4.78 is 0. The van der Waals surface area contributed by atoms with Crippen molar-refractivity contribution in [3.8, 4) is 23.3 Å². The first kappa shape index (κ1) is 12.4. The summed E-state index contributed by atoms with van der Waals surface area (Å²) in [6, 6.07) is 2.11. The zero-order valence-corrected chi connectivity index (χ0v) is 9.78. The molecule has 0 saturated heterocycles. The average Bonchev–Trinajstić information content (AvgIpc) is 2.21. The van der Waals surface area contributed by atoms with Gasteiger partial charge in [0.05, 0.1) is 5.56 Å². The molecule has 0 aliphatic carbocycles. The van der Waals surface area contributed by atoms with E-state index in [1.54, 1.807) is 0 Å². The SMILES string of the molecule is O=C(O)c1cc(O)c(C#CCCBr)c(O)c1. The number of halogens is 1. The van der Waals surface area contributed by atoms with Crippen LogP contribution >= 0.6 is 15.9 Å². The molecule has 0 fully saturated rings. The highest BCUT2D eigenvalue weighted by Gasteiger charge is 2.11.